The number of nitriles is 1. The summed E-state index contributed by atoms with van der Waals surface area (Å²) in [5.41, 5.74) is 2.17. The van der Waals surface area contributed by atoms with Gasteiger partial charge in [-0.3, -0.25) is 4.79 Å². The molecular formula is C17H19ClN4O. The number of carbonyl (C=O) groups is 1. The van der Waals surface area contributed by atoms with Crippen molar-refractivity contribution in [2.45, 2.75) is 25.3 Å². The summed E-state index contributed by atoms with van der Waals surface area (Å²) in [4.78, 5) is 17.0. The number of carbonyl (C=O) groups excluding carboxylic acids is 1. The van der Waals surface area contributed by atoms with E-state index in [1.807, 2.05) is 24.4 Å². The van der Waals surface area contributed by atoms with Crippen LogP contribution in [0.1, 0.15) is 18.4 Å². The predicted octanol–water partition coefficient (Wildman–Crippen LogP) is 2.47. The first-order valence-corrected chi connectivity index (χ1v) is 8.23. The van der Waals surface area contributed by atoms with Crippen LogP contribution in [0.25, 0.3) is 10.9 Å². The topological polar surface area (TPSA) is 71.9 Å². The molecule has 1 aliphatic rings. The molecule has 5 nitrogen and oxygen atoms in total. The monoisotopic (exact) mass is 330 g/mol. The highest BCUT2D eigenvalue weighted by Gasteiger charge is 2.27. The van der Waals surface area contributed by atoms with Gasteiger partial charge in [-0.2, -0.15) is 5.26 Å². The molecule has 1 atom stereocenters. The van der Waals surface area contributed by atoms with Gasteiger partial charge in [0.05, 0.1) is 17.6 Å². The van der Waals surface area contributed by atoms with Gasteiger partial charge in [0.25, 0.3) is 0 Å². The van der Waals surface area contributed by atoms with Gasteiger partial charge in [-0.25, -0.2) is 0 Å². The molecule has 0 saturated carbocycles. The molecule has 1 saturated heterocycles. The first-order valence-electron chi connectivity index (χ1n) is 7.85. The second-order valence-electron chi connectivity index (χ2n) is 5.78. The lowest BCUT2D eigenvalue weighted by molar-refractivity contribution is -0.130. The quantitative estimate of drug-likeness (QED) is 0.827. The number of aromatic nitrogens is 1. The third-order valence-electron chi connectivity index (χ3n) is 4.31. The molecular weight excluding hydrogens is 312 g/mol. The zero-order chi connectivity index (χ0) is 16.2. The predicted molar refractivity (Wildman–Crippen MR) is 90.2 cm³/mol. The fourth-order valence-electron chi connectivity index (χ4n) is 3.12. The Kier molecular flexibility index (Phi) is 4.85. The molecule has 1 aromatic carbocycles. The average Bonchev–Trinajstić information content (AvgIpc) is 3.18. The molecule has 2 heterocycles. The molecule has 0 aliphatic carbocycles. The normalized spacial score (nSPS) is 17.6. The second kappa shape index (κ2) is 7.03. The van der Waals surface area contributed by atoms with E-state index in [-0.39, 0.29) is 18.5 Å². The molecule has 1 aliphatic heterocycles. The summed E-state index contributed by atoms with van der Waals surface area (Å²) < 4.78 is 0. The highest BCUT2D eigenvalue weighted by Crippen LogP contribution is 2.26. The van der Waals surface area contributed by atoms with E-state index in [9.17, 15) is 4.79 Å². The fraction of sp³-hybridized carbons (Fsp3) is 0.412. The lowest BCUT2D eigenvalue weighted by Crippen LogP contribution is -2.40. The van der Waals surface area contributed by atoms with Crippen LogP contribution >= 0.6 is 11.6 Å². The number of amides is 1. The van der Waals surface area contributed by atoms with Crippen molar-refractivity contribution in [3.63, 3.8) is 0 Å². The number of rotatable bonds is 5. The zero-order valence-electron chi connectivity index (χ0n) is 12.8. The number of benzene rings is 1. The van der Waals surface area contributed by atoms with Gasteiger partial charge in [0.15, 0.2) is 0 Å². The molecule has 0 spiro atoms. The van der Waals surface area contributed by atoms with Crippen molar-refractivity contribution in [1.29, 1.82) is 5.26 Å². The fourth-order valence-corrected chi connectivity index (χ4v) is 3.42. The van der Waals surface area contributed by atoms with Crippen molar-refractivity contribution in [3.05, 3.63) is 35.0 Å². The number of nitrogens with zero attached hydrogens (tertiary/aromatic N) is 2. The Bertz CT molecular complexity index is 749. The summed E-state index contributed by atoms with van der Waals surface area (Å²) in [6.07, 6.45) is 4.46. The van der Waals surface area contributed by atoms with E-state index < -0.39 is 0 Å². The van der Waals surface area contributed by atoms with Crippen LogP contribution in [0, 0.1) is 11.3 Å². The van der Waals surface area contributed by atoms with E-state index in [1.165, 1.54) is 0 Å². The Morgan fingerprint density at radius 3 is 3.22 bits per heavy atom. The Hall–Kier alpha value is -2.03. The molecule has 0 radical (unpaired) electrons. The average molecular weight is 331 g/mol. The molecule has 120 valence electrons. The smallest absolute Gasteiger partial charge is 0.237 e. The number of likely N-dealkylation sites (tertiary alicyclic amines) is 1. The number of aromatic amines is 1. The van der Waals surface area contributed by atoms with Gasteiger partial charge in [0, 0.05) is 23.6 Å². The van der Waals surface area contributed by atoms with Gasteiger partial charge in [-0.1, -0.05) is 17.7 Å². The number of nitrogens with one attached hydrogen (secondary N) is 2. The summed E-state index contributed by atoms with van der Waals surface area (Å²) >= 11 is 6.25. The van der Waals surface area contributed by atoms with Crippen LogP contribution in [-0.4, -0.2) is 41.5 Å². The molecule has 1 amide bonds. The summed E-state index contributed by atoms with van der Waals surface area (Å²) in [5.74, 6) is 0.00556. The van der Waals surface area contributed by atoms with Crippen molar-refractivity contribution in [2.24, 2.45) is 0 Å². The van der Waals surface area contributed by atoms with E-state index in [4.69, 9.17) is 16.9 Å². The third-order valence-corrected chi connectivity index (χ3v) is 4.62. The molecule has 1 unspecified atom stereocenters. The van der Waals surface area contributed by atoms with E-state index in [2.05, 4.69) is 16.4 Å². The molecule has 1 fully saturated rings. The minimum absolute atomic E-state index is 0.00556. The minimum atomic E-state index is -0.253. The third kappa shape index (κ3) is 3.34. The molecule has 2 aromatic rings. The van der Waals surface area contributed by atoms with Crippen LogP contribution in [0.3, 0.4) is 0 Å². The van der Waals surface area contributed by atoms with E-state index in [1.54, 1.807) is 4.90 Å². The van der Waals surface area contributed by atoms with Gasteiger partial charge in [0.1, 0.15) is 6.04 Å². The van der Waals surface area contributed by atoms with Gasteiger partial charge in [-0.05, 0) is 43.5 Å². The largest absolute Gasteiger partial charge is 0.361 e. The van der Waals surface area contributed by atoms with Crippen LogP contribution in [0.15, 0.2) is 24.4 Å². The van der Waals surface area contributed by atoms with Gasteiger partial charge in [-0.15, -0.1) is 0 Å². The van der Waals surface area contributed by atoms with Crippen molar-refractivity contribution < 1.29 is 4.79 Å². The maximum Gasteiger partial charge on any atom is 0.237 e. The molecule has 2 N–H and O–H groups in total. The molecule has 0 bridgehead atoms. The van der Waals surface area contributed by atoms with E-state index in [0.29, 0.717) is 13.1 Å². The molecule has 23 heavy (non-hydrogen) atoms. The van der Waals surface area contributed by atoms with Crippen molar-refractivity contribution in [1.82, 2.24) is 15.2 Å². The number of halogens is 1. The summed E-state index contributed by atoms with van der Waals surface area (Å²) in [6, 6.07) is 7.74. The number of hydrogen-bond acceptors (Lipinski definition) is 3. The molecule has 6 heteroatoms. The van der Waals surface area contributed by atoms with Crippen molar-refractivity contribution >= 4 is 28.4 Å². The summed E-state index contributed by atoms with van der Waals surface area (Å²) in [5, 5.41) is 14.0. The number of fused-ring (bicyclic) bond motifs is 1. The van der Waals surface area contributed by atoms with Crippen molar-refractivity contribution in [3.8, 4) is 6.07 Å². The van der Waals surface area contributed by atoms with Crippen LogP contribution in [0.4, 0.5) is 0 Å². The van der Waals surface area contributed by atoms with E-state index in [0.717, 1.165) is 40.8 Å². The molecule has 1 aromatic heterocycles. The SMILES string of the molecule is N#CC1CCCN1C(=O)CNCCc1c[nH]c2cccc(Cl)c12. The van der Waals surface area contributed by atoms with Crippen LogP contribution in [-0.2, 0) is 11.2 Å². The Balaban J connectivity index is 1.52. The van der Waals surface area contributed by atoms with Gasteiger partial charge in [0.2, 0.25) is 5.91 Å². The lowest BCUT2D eigenvalue weighted by atomic mass is 10.1. The summed E-state index contributed by atoms with van der Waals surface area (Å²) in [7, 11) is 0. The molecule has 3 rings (SSSR count). The Morgan fingerprint density at radius 1 is 1.52 bits per heavy atom. The number of H-pyrrole nitrogens is 1. The van der Waals surface area contributed by atoms with Crippen LogP contribution in [0.2, 0.25) is 5.02 Å². The zero-order valence-corrected chi connectivity index (χ0v) is 13.6. The minimum Gasteiger partial charge on any atom is -0.361 e. The maximum atomic E-state index is 12.1. The van der Waals surface area contributed by atoms with Crippen molar-refractivity contribution in [2.75, 3.05) is 19.6 Å². The van der Waals surface area contributed by atoms with Gasteiger partial charge < -0.3 is 15.2 Å². The first kappa shape index (κ1) is 15.9. The highest BCUT2D eigenvalue weighted by molar-refractivity contribution is 6.35. The summed E-state index contributed by atoms with van der Waals surface area (Å²) in [6.45, 7) is 1.65. The highest BCUT2D eigenvalue weighted by atomic mass is 35.5. The van der Waals surface area contributed by atoms with E-state index >= 15 is 0 Å². The maximum absolute atomic E-state index is 12.1. The van der Waals surface area contributed by atoms with Crippen LogP contribution < -0.4 is 5.32 Å². The number of hydrogen-bond donors (Lipinski definition) is 2. The second-order valence-corrected chi connectivity index (χ2v) is 6.18. The Labute approximate surface area is 140 Å². The Morgan fingerprint density at radius 2 is 2.39 bits per heavy atom. The lowest BCUT2D eigenvalue weighted by Gasteiger charge is -2.19. The van der Waals surface area contributed by atoms with Crippen LogP contribution in [0.5, 0.6) is 0 Å². The van der Waals surface area contributed by atoms with Gasteiger partial charge >= 0.3 is 0 Å². The first-order chi connectivity index (χ1) is 11.2. The standard InChI is InChI=1S/C17H19ClN4O/c18-14-4-1-5-15-17(14)12(10-21-15)6-7-20-11-16(23)22-8-2-3-13(22)9-19/h1,4-5,10,13,20-21H,2-3,6-8,11H2.